The van der Waals surface area contributed by atoms with Gasteiger partial charge in [0.15, 0.2) is 0 Å². The Morgan fingerprint density at radius 3 is 2.46 bits per heavy atom. The summed E-state index contributed by atoms with van der Waals surface area (Å²) in [5.41, 5.74) is 0.373. The molecule has 0 saturated carbocycles. The Hall–Kier alpha value is -3.89. The predicted octanol–water partition coefficient (Wildman–Crippen LogP) is 3.00. The van der Waals surface area contributed by atoms with E-state index >= 15 is 0 Å². The van der Waals surface area contributed by atoms with Crippen molar-refractivity contribution < 1.29 is 18.7 Å². The van der Waals surface area contributed by atoms with Crippen molar-refractivity contribution in [3.63, 3.8) is 0 Å². The SMILES string of the molecule is CC(=O)N1CCC(COc2cc(F)c3c(=O)[nH]c(NCC4CCN(C(=O)c5ccn(C)c5)CC4)nc3c2)CC1. The van der Waals surface area contributed by atoms with Gasteiger partial charge in [-0.1, -0.05) is 0 Å². The lowest BCUT2D eigenvalue weighted by Gasteiger charge is -2.32. The monoisotopic (exact) mass is 538 g/mol. The van der Waals surface area contributed by atoms with Crippen molar-refractivity contribution in [3.8, 4) is 5.75 Å². The van der Waals surface area contributed by atoms with Crippen LogP contribution in [0.25, 0.3) is 10.9 Å². The number of benzene rings is 1. The summed E-state index contributed by atoms with van der Waals surface area (Å²) in [5, 5.41) is 3.09. The fourth-order valence-corrected chi connectivity index (χ4v) is 5.39. The van der Waals surface area contributed by atoms with Crippen molar-refractivity contribution in [2.75, 3.05) is 44.6 Å². The van der Waals surface area contributed by atoms with Gasteiger partial charge in [-0.2, -0.15) is 0 Å². The van der Waals surface area contributed by atoms with Crippen molar-refractivity contribution in [3.05, 3.63) is 52.3 Å². The first-order valence-corrected chi connectivity index (χ1v) is 13.5. The fraction of sp³-hybridized carbons (Fsp3) is 0.500. The Balaban J connectivity index is 1.17. The second-order valence-electron chi connectivity index (χ2n) is 10.7. The van der Waals surface area contributed by atoms with Crippen LogP contribution in [0.3, 0.4) is 0 Å². The minimum absolute atomic E-state index is 0.0455. The lowest BCUT2D eigenvalue weighted by Crippen LogP contribution is -2.39. The first-order chi connectivity index (χ1) is 18.8. The molecule has 0 bridgehead atoms. The van der Waals surface area contributed by atoms with Gasteiger partial charge >= 0.3 is 0 Å². The van der Waals surface area contributed by atoms with Gasteiger partial charge in [-0.3, -0.25) is 19.4 Å². The number of halogens is 1. The second kappa shape index (κ2) is 11.5. The summed E-state index contributed by atoms with van der Waals surface area (Å²) in [6, 6.07) is 4.65. The van der Waals surface area contributed by atoms with Gasteiger partial charge in [-0.15, -0.1) is 0 Å². The number of carbonyl (C=O) groups excluding carboxylic acids is 2. The van der Waals surface area contributed by atoms with E-state index in [4.69, 9.17) is 4.74 Å². The van der Waals surface area contributed by atoms with Crippen molar-refractivity contribution >= 4 is 28.7 Å². The number of nitrogens with one attached hydrogen (secondary N) is 2. The van der Waals surface area contributed by atoms with E-state index in [1.807, 2.05) is 39.9 Å². The molecule has 2 saturated heterocycles. The highest BCUT2D eigenvalue weighted by atomic mass is 19.1. The molecule has 10 nitrogen and oxygen atoms in total. The number of hydrogen-bond acceptors (Lipinski definition) is 6. The molecule has 0 spiro atoms. The van der Waals surface area contributed by atoms with Crippen LogP contribution in [0.1, 0.15) is 43.0 Å². The van der Waals surface area contributed by atoms with Crippen LogP contribution in [-0.4, -0.2) is 75.5 Å². The highest BCUT2D eigenvalue weighted by Crippen LogP contribution is 2.25. The molecule has 1 aromatic carbocycles. The maximum Gasteiger partial charge on any atom is 0.263 e. The van der Waals surface area contributed by atoms with E-state index in [1.54, 1.807) is 13.0 Å². The molecule has 2 amide bonds. The number of rotatable bonds is 7. The summed E-state index contributed by atoms with van der Waals surface area (Å²) >= 11 is 0. The van der Waals surface area contributed by atoms with E-state index in [0.29, 0.717) is 56.6 Å². The van der Waals surface area contributed by atoms with Gasteiger partial charge in [0.1, 0.15) is 17.0 Å². The molecule has 2 fully saturated rings. The van der Waals surface area contributed by atoms with Gasteiger partial charge in [-0.25, -0.2) is 9.37 Å². The topological polar surface area (TPSA) is 113 Å². The van der Waals surface area contributed by atoms with Gasteiger partial charge in [0.05, 0.1) is 17.7 Å². The molecule has 11 heteroatoms. The maximum absolute atomic E-state index is 14.8. The molecule has 2 aliphatic rings. The van der Waals surface area contributed by atoms with Crippen molar-refractivity contribution in [1.82, 2.24) is 24.3 Å². The fourth-order valence-electron chi connectivity index (χ4n) is 5.39. The second-order valence-corrected chi connectivity index (χ2v) is 10.7. The number of anilines is 1. The van der Waals surface area contributed by atoms with Gasteiger partial charge < -0.3 is 24.4 Å². The molecular weight excluding hydrogens is 503 g/mol. The van der Waals surface area contributed by atoms with Crippen LogP contribution in [0.5, 0.6) is 5.75 Å². The number of nitrogens with zero attached hydrogens (tertiary/aromatic N) is 4. The van der Waals surface area contributed by atoms with Crippen LogP contribution in [-0.2, 0) is 11.8 Å². The van der Waals surface area contributed by atoms with E-state index in [0.717, 1.165) is 25.7 Å². The molecule has 3 aromatic rings. The van der Waals surface area contributed by atoms with Crippen LogP contribution in [0.2, 0.25) is 0 Å². The lowest BCUT2D eigenvalue weighted by molar-refractivity contribution is -0.130. The number of fused-ring (bicyclic) bond motifs is 1. The zero-order chi connectivity index (χ0) is 27.5. The van der Waals surface area contributed by atoms with Gasteiger partial charge in [0.25, 0.3) is 11.5 Å². The zero-order valence-electron chi connectivity index (χ0n) is 22.4. The Labute approximate surface area is 226 Å². The van der Waals surface area contributed by atoms with E-state index in [1.165, 1.54) is 6.07 Å². The van der Waals surface area contributed by atoms with E-state index < -0.39 is 11.4 Å². The minimum Gasteiger partial charge on any atom is -0.493 e. The average molecular weight is 539 g/mol. The smallest absolute Gasteiger partial charge is 0.263 e. The summed E-state index contributed by atoms with van der Waals surface area (Å²) in [5.74, 6) is 0.644. The van der Waals surface area contributed by atoms with E-state index in [-0.39, 0.29) is 34.6 Å². The zero-order valence-corrected chi connectivity index (χ0v) is 22.4. The number of hydrogen-bond donors (Lipinski definition) is 2. The number of piperidine rings is 2. The molecule has 0 atom stereocenters. The van der Waals surface area contributed by atoms with Gasteiger partial charge in [-0.05, 0) is 43.6 Å². The van der Waals surface area contributed by atoms with Crippen LogP contribution in [0.4, 0.5) is 10.3 Å². The Kier molecular flexibility index (Phi) is 7.85. The highest BCUT2D eigenvalue weighted by molar-refractivity contribution is 5.94. The number of H-pyrrole nitrogens is 1. The third-order valence-electron chi connectivity index (χ3n) is 7.82. The van der Waals surface area contributed by atoms with Crippen LogP contribution >= 0.6 is 0 Å². The van der Waals surface area contributed by atoms with Crippen molar-refractivity contribution in [2.24, 2.45) is 18.9 Å². The summed E-state index contributed by atoms with van der Waals surface area (Å²) in [4.78, 5) is 47.6. The van der Waals surface area contributed by atoms with Gasteiger partial charge in [0.2, 0.25) is 11.9 Å². The Morgan fingerprint density at radius 2 is 1.79 bits per heavy atom. The normalized spacial score (nSPS) is 17.0. The molecule has 39 heavy (non-hydrogen) atoms. The molecule has 0 unspecified atom stereocenters. The third-order valence-corrected chi connectivity index (χ3v) is 7.82. The number of aromatic amines is 1. The summed E-state index contributed by atoms with van der Waals surface area (Å²) < 4.78 is 22.6. The number of carbonyl (C=O) groups is 2. The maximum atomic E-state index is 14.8. The summed E-state index contributed by atoms with van der Waals surface area (Å²) in [7, 11) is 1.89. The number of ether oxygens (including phenoxy) is 1. The largest absolute Gasteiger partial charge is 0.493 e. The minimum atomic E-state index is -0.676. The molecule has 2 aliphatic heterocycles. The third kappa shape index (κ3) is 6.23. The number of aromatic nitrogens is 3. The molecule has 2 N–H and O–H groups in total. The summed E-state index contributed by atoms with van der Waals surface area (Å²) in [6.45, 7) is 5.30. The van der Waals surface area contributed by atoms with Crippen LogP contribution in [0, 0.1) is 17.7 Å². The number of amides is 2. The van der Waals surface area contributed by atoms with Crippen molar-refractivity contribution in [1.29, 1.82) is 0 Å². The molecule has 4 heterocycles. The van der Waals surface area contributed by atoms with Crippen LogP contribution < -0.4 is 15.6 Å². The molecule has 0 aliphatic carbocycles. The first kappa shape index (κ1) is 26.7. The van der Waals surface area contributed by atoms with Crippen molar-refractivity contribution in [2.45, 2.75) is 32.6 Å². The molecule has 208 valence electrons. The Bertz CT molecular complexity index is 1400. The molecule has 5 rings (SSSR count). The van der Waals surface area contributed by atoms with Gasteiger partial charge in [0, 0.05) is 71.2 Å². The van der Waals surface area contributed by atoms with E-state index in [2.05, 4.69) is 15.3 Å². The summed E-state index contributed by atoms with van der Waals surface area (Å²) in [6.07, 6.45) is 7.03. The predicted molar refractivity (Wildman–Crippen MR) is 145 cm³/mol. The quantitative estimate of drug-likeness (QED) is 0.478. The standard InChI is InChI=1S/C28H35FN6O4/c1-18(36)34-9-5-20(6-10-34)17-39-22-13-23(29)25-24(14-22)31-28(32-26(25)37)30-15-19-3-11-35(12-4-19)27(38)21-7-8-33(2)16-21/h7-8,13-14,16,19-20H,3-6,9-12,15,17H2,1-2H3,(H2,30,31,32,37). The lowest BCUT2D eigenvalue weighted by atomic mass is 9.96. The highest BCUT2D eigenvalue weighted by Gasteiger charge is 2.25. The van der Waals surface area contributed by atoms with Crippen LogP contribution in [0.15, 0.2) is 35.4 Å². The molecule has 0 radical (unpaired) electrons. The number of likely N-dealkylation sites (tertiary alicyclic amines) is 2. The molecular formula is C28H35FN6O4. The molecule has 2 aromatic heterocycles. The average Bonchev–Trinajstić information content (AvgIpc) is 3.36. The first-order valence-electron chi connectivity index (χ1n) is 13.5. The van der Waals surface area contributed by atoms with E-state index in [9.17, 15) is 18.8 Å². The number of aryl methyl sites for hydroxylation is 1. The Morgan fingerprint density at radius 1 is 1.10 bits per heavy atom.